The Bertz CT molecular complexity index is 182. The molecule has 0 spiro atoms. The first-order valence-corrected chi connectivity index (χ1v) is 4.65. The van der Waals surface area contributed by atoms with Crippen LogP contribution in [-0.4, -0.2) is 36.9 Å². The Morgan fingerprint density at radius 1 is 1.69 bits per heavy atom. The van der Waals surface area contributed by atoms with Crippen LogP contribution in [0, 0.1) is 5.41 Å². The Morgan fingerprint density at radius 3 is 2.62 bits per heavy atom. The number of amides is 1. The first kappa shape index (κ1) is 10.5. The van der Waals surface area contributed by atoms with Gasteiger partial charge in [0, 0.05) is 6.54 Å². The lowest BCUT2D eigenvalue weighted by molar-refractivity contribution is -0.162. The van der Waals surface area contributed by atoms with E-state index in [0.717, 1.165) is 6.42 Å². The second kappa shape index (κ2) is 4.07. The van der Waals surface area contributed by atoms with Gasteiger partial charge in [0.05, 0.1) is 24.7 Å². The van der Waals surface area contributed by atoms with Crippen LogP contribution in [0.15, 0.2) is 0 Å². The number of ether oxygens (including phenoxy) is 1. The van der Waals surface area contributed by atoms with Crippen LogP contribution in [0.3, 0.4) is 0 Å². The minimum Gasteiger partial charge on any atom is -0.392 e. The van der Waals surface area contributed by atoms with E-state index >= 15 is 0 Å². The van der Waals surface area contributed by atoms with E-state index in [1.165, 1.54) is 0 Å². The zero-order chi connectivity index (χ0) is 9.90. The van der Waals surface area contributed by atoms with Crippen molar-refractivity contribution in [2.45, 2.75) is 26.4 Å². The summed E-state index contributed by atoms with van der Waals surface area (Å²) in [5, 5.41) is 11.7. The van der Waals surface area contributed by atoms with Crippen LogP contribution in [0.1, 0.15) is 20.3 Å². The van der Waals surface area contributed by atoms with Crippen LogP contribution < -0.4 is 5.32 Å². The molecule has 0 radical (unpaired) electrons. The third-order valence-electron chi connectivity index (χ3n) is 2.47. The summed E-state index contributed by atoms with van der Waals surface area (Å²) < 4.78 is 5.03. The average Bonchev–Trinajstić information content (AvgIpc) is 2.00. The van der Waals surface area contributed by atoms with Gasteiger partial charge in [0.1, 0.15) is 0 Å². The molecule has 0 aliphatic carbocycles. The van der Waals surface area contributed by atoms with Crippen molar-refractivity contribution in [1.29, 1.82) is 0 Å². The third kappa shape index (κ3) is 2.19. The second-order valence-electron chi connectivity index (χ2n) is 3.69. The van der Waals surface area contributed by atoms with Crippen molar-refractivity contribution < 1.29 is 14.6 Å². The van der Waals surface area contributed by atoms with Gasteiger partial charge >= 0.3 is 0 Å². The molecule has 1 amide bonds. The zero-order valence-electron chi connectivity index (χ0n) is 8.17. The molecule has 76 valence electrons. The van der Waals surface area contributed by atoms with E-state index in [0.29, 0.717) is 19.8 Å². The summed E-state index contributed by atoms with van der Waals surface area (Å²) in [5.74, 6) is 0.00199. The first-order valence-electron chi connectivity index (χ1n) is 4.65. The van der Waals surface area contributed by atoms with Crippen LogP contribution in [0.4, 0.5) is 0 Å². The lowest BCUT2D eigenvalue weighted by Crippen LogP contribution is -2.54. The van der Waals surface area contributed by atoms with Gasteiger partial charge < -0.3 is 15.2 Å². The fraction of sp³-hybridized carbons (Fsp3) is 0.889. The largest absolute Gasteiger partial charge is 0.392 e. The van der Waals surface area contributed by atoms with Crippen LogP contribution in [0.2, 0.25) is 0 Å². The predicted octanol–water partition coefficient (Wildman–Crippen LogP) is -0.0900. The van der Waals surface area contributed by atoms with Crippen LogP contribution in [0.5, 0.6) is 0 Å². The topological polar surface area (TPSA) is 58.6 Å². The summed E-state index contributed by atoms with van der Waals surface area (Å²) in [4.78, 5) is 11.6. The highest BCUT2D eigenvalue weighted by Crippen LogP contribution is 2.31. The van der Waals surface area contributed by atoms with E-state index in [4.69, 9.17) is 9.84 Å². The number of hydrogen-bond acceptors (Lipinski definition) is 3. The normalized spacial score (nSPS) is 21.8. The molecule has 1 aliphatic heterocycles. The van der Waals surface area contributed by atoms with E-state index < -0.39 is 6.10 Å². The minimum atomic E-state index is -0.487. The van der Waals surface area contributed by atoms with Crippen molar-refractivity contribution >= 4 is 5.91 Å². The Hall–Kier alpha value is -0.610. The molecule has 1 aliphatic rings. The molecular formula is C9H17NO3. The summed E-state index contributed by atoms with van der Waals surface area (Å²) >= 11 is 0. The zero-order valence-corrected chi connectivity index (χ0v) is 8.17. The molecule has 1 heterocycles. The maximum Gasteiger partial charge on any atom is 0.230 e. The molecule has 4 heteroatoms. The standard InChI is InChI=1S/C9H17NO3/c1-3-9(5-13-6-9)8(12)10-4-7(2)11/h7,11H,3-6H2,1-2H3,(H,10,12). The monoisotopic (exact) mass is 187 g/mol. The number of carbonyl (C=O) groups excluding carboxylic acids is 1. The number of rotatable bonds is 4. The minimum absolute atomic E-state index is 0.00199. The highest BCUT2D eigenvalue weighted by molar-refractivity contribution is 5.83. The smallest absolute Gasteiger partial charge is 0.230 e. The van der Waals surface area contributed by atoms with Crippen molar-refractivity contribution in [2.75, 3.05) is 19.8 Å². The van der Waals surface area contributed by atoms with E-state index in [2.05, 4.69) is 5.32 Å². The summed E-state index contributed by atoms with van der Waals surface area (Å²) in [6, 6.07) is 0. The molecule has 2 N–H and O–H groups in total. The van der Waals surface area contributed by atoms with Gasteiger partial charge in [-0.1, -0.05) is 6.92 Å². The molecule has 1 unspecified atom stereocenters. The van der Waals surface area contributed by atoms with Crippen molar-refractivity contribution in [2.24, 2.45) is 5.41 Å². The SMILES string of the molecule is CCC1(C(=O)NCC(C)O)COC1. The van der Waals surface area contributed by atoms with Gasteiger partial charge in [0.15, 0.2) is 0 Å². The van der Waals surface area contributed by atoms with Crippen LogP contribution in [0.25, 0.3) is 0 Å². The van der Waals surface area contributed by atoms with Crippen molar-refractivity contribution in [3.63, 3.8) is 0 Å². The average molecular weight is 187 g/mol. The first-order chi connectivity index (χ1) is 6.10. The molecule has 13 heavy (non-hydrogen) atoms. The summed E-state index contributed by atoms with van der Waals surface area (Å²) in [7, 11) is 0. The van der Waals surface area contributed by atoms with Crippen molar-refractivity contribution in [3.8, 4) is 0 Å². The fourth-order valence-electron chi connectivity index (χ4n) is 1.27. The summed E-state index contributed by atoms with van der Waals surface area (Å²) in [5.41, 5.74) is -0.325. The van der Waals surface area contributed by atoms with Gasteiger partial charge in [-0.15, -0.1) is 0 Å². The molecular weight excluding hydrogens is 170 g/mol. The number of aliphatic hydroxyl groups excluding tert-OH is 1. The molecule has 0 bridgehead atoms. The number of nitrogens with one attached hydrogen (secondary N) is 1. The summed E-state index contributed by atoms with van der Waals surface area (Å²) in [6.45, 7) is 4.96. The van der Waals surface area contributed by atoms with E-state index in [1.54, 1.807) is 6.92 Å². The second-order valence-corrected chi connectivity index (χ2v) is 3.69. The Balaban J connectivity index is 2.37. The number of hydrogen-bond donors (Lipinski definition) is 2. The van der Waals surface area contributed by atoms with E-state index in [-0.39, 0.29) is 11.3 Å². The molecule has 0 saturated carbocycles. The molecule has 1 atom stereocenters. The van der Waals surface area contributed by atoms with Gasteiger partial charge in [-0.2, -0.15) is 0 Å². The van der Waals surface area contributed by atoms with Gasteiger partial charge in [0.2, 0.25) is 5.91 Å². The van der Waals surface area contributed by atoms with Gasteiger partial charge in [-0.25, -0.2) is 0 Å². The maximum absolute atomic E-state index is 11.6. The lowest BCUT2D eigenvalue weighted by Gasteiger charge is -2.39. The predicted molar refractivity (Wildman–Crippen MR) is 48.2 cm³/mol. The third-order valence-corrected chi connectivity index (χ3v) is 2.47. The fourth-order valence-corrected chi connectivity index (χ4v) is 1.27. The number of aliphatic hydroxyl groups is 1. The van der Waals surface area contributed by atoms with Crippen molar-refractivity contribution in [1.82, 2.24) is 5.32 Å². The molecule has 4 nitrogen and oxygen atoms in total. The lowest BCUT2D eigenvalue weighted by atomic mass is 9.82. The molecule has 0 aromatic carbocycles. The highest BCUT2D eigenvalue weighted by atomic mass is 16.5. The molecule has 0 aromatic heterocycles. The van der Waals surface area contributed by atoms with E-state index in [9.17, 15) is 4.79 Å². The summed E-state index contributed by atoms with van der Waals surface area (Å²) in [6.07, 6.45) is 0.303. The maximum atomic E-state index is 11.6. The Morgan fingerprint density at radius 2 is 2.31 bits per heavy atom. The Kier molecular flexibility index (Phi) is 3.27. The van der Waals surface area contributed by atoms with Crippen LogP contribution in [-0.2, 0) is 9.53 Å². The number of carbonyl (C=O) groups is 1. The van der Waals surface area contributed by atoms with Crippen LogP contribution >= 0.6 is 0 Å². The molecule has 1 rings (SSSR count). The molecule has 1 fully saturated rings. The molecule has 1 saturated heterocycles. The Labute approximate surface area is 78.3 Å². The quantitative estimate of drug-likeness (QED) is 0.646. The van der Waals surface area contributed by atoms with E-state index in [1.807, 2.05) is 6.92 Å². The van der Waals surface area contributed by atoms with Gasteiger partial charge in [-0.3, -0.25) is 4.79 Å². The molecule has 0 aromatic rings. The van der Waals surface area contributed by atoms with Gasteiger partial charge in [0.25, 0.3) is 0 Å². The van der Waals surface area contributed by atoms with Gasteiger partial charge in [-0.05, 0) is 13.3 Å². The highest BCUT2D eigenvalue weighted by Gasteiger charge is 2.43. The van der Waals surface area contributed by atoms with Crippen molar-refractivity contribution in [3.05, 3.63) is 0 Å².